The van der Waals surface area contributed by atoms with Crippen molar-refractivity contribution in [3.63, 3.8) is 0 Å². The van der Waals surface area contributed by atoms with E-state index in [-0.39, 0.29) is 5.92 Å². The van der Waals surface area contributed by atoms with Crippen LogP contribution in [0.2, 0.25) is 0 Å². The molecule has 2 nitrogen and oxygen atoms in total. The quantitative estimate of drug-likeness (QED) is 0.282. The van der Waals surface area contributed by atoms with E-state index in [1.165, 1.54) is 24.3 Å². The van der Waals surface area contributed by atoms with Crippen LogP contribution in [0.4, 0.5) is 26.3 Å². The third kappa shape index (κ3) is 6.91. The largest absolute Gasteiger partial charge is 0.481 e. The third-order valence-electron chi connectivity index (χ3n) is 5.47. The molecule has 1 unspecified atom stereocenters. The van der Waals surface area contributed by atoms with Crippen molar-refractivity contribution < 1.29 is 36.2 Å². The van der Waals surface area contributed by atoms with E-state index in [9.17, 15) is 36.2 Å². The number of halogens is 6. The molecule has 0 aliphatic rings. The fourth-order valence-electron chi connectivity index (χ4n) is 3.68. The van der Waals surface area contributed by atoms with Crippen LogP contribution < -0.4 is 0 Å². The Morgan fingerprint density at radius 3 is 1.72 bits per heavy atom. The molecule has 0 spiro atoms. The van der Waals surface area contributed by atoms with Gasteiger partial charge < -0.3 is 5.11 Å². The maximum absolute atomic E-state index is 13.0. The van der Waals surface area contributed by atoms with Gasteiger partial charge in [0, 0.05) is 11.1 Å². The zero-order chi connectivity index (χ0) is 26.7. The summed E-state index contributed by atoms with van der Waals surface area (Å²) in [6.07, 6.45) is -8.64. The molecule has 0 aromatic heterocycles. The standard InChI is InChI=1S/C28H22F6O2/c1-17(2)13-25(26(35)36)22-15-19(4-3-18-5-9-23(10-6-18)27(29,30)31)14-21(16-22)20-7-11-24(12-8-20)28(32,33)34/h5-12,14-17,25H,13H2,1-2H3,(H,35,36). The SMILES string of the molecule is CC(C)CC(C(=O)O)c1cc(C#Cc2ccc(C(F)(F)F)cc2)cc(-c2ccc(C(F)(F)F)cc2)c1. The molecule has 3 aromatic carbocycles. The third-order valence-corrected chi connectivity index (χ3v) is 5.47. The summed E-state index contributed by atoms with van der Waals surface area (Å²) in [7, 11) is 0. The summed E-state index contributed by atoms with van der Waals surface area (Å²) in [6.45, 7) is 3.75. The second-order valence-electron chi connectivity index (χ2n) is 8.76. The van der Waals surface area contributed by atoms with Gasteiger partial charge in [-0.15, -0.1) is 0 Å². The number of hydrogen-bond donors (Lipinski definition) is 1. The van der Waals surface area contributed by atoms with Crippen molar-refractivity contribution in [1.29, 1.82) is 0 Å². The lowest BCUT2D eigenvalue weighted by atomic mass is 9.87. The molecule has 0 saturated carbocycles. The molecule has 3 aromatic rings. The molecule has 0 aliphatic heterocycles. The van der Waals surface area contributed by atoms with Crippen LogP contribution in [0.3, 0.4) is 0 Å². The topological polar surface area (TPSA) is 37.3 Å². The zero-order valence-corrected chi connectivity index (χ0v) is 19.3. The van der Waals surface area contributed by atoms with Gasteiger partial charge >= 0.3 is 18.3 Å². The van der Waals surface area contributed by atoms with E-state index in [0.717, 1.165) is 24.3 Å². The lowest BCUT2D eigenvalue weighted by Gasteiger charge is -2.17. The van der Waals surface area contributed by atoms with Crippen molar-refractivity contribution in [2.45, 2.75) is 38.5 Å². The number of benzene rings is 3. The molecule has 0 radical (unpaired) electrons. The molecular weight excluding hydrogens is 482 g/mol. The molecule has 0 heterocycles. The predicted molar refractivity (Wildman–Crippen MR) is 124 cm³/mol. The second kappa shape index (κ2) is 10.5. The summed E-state index contributed by atoms with van der Waals surface area (Å²) >= 11 is 0. The van der Waals surface area contributed by atoms with Crippen molar-refractivity contribution in [3.8, 4) is 23.0 Å². The summed E-state index contributed by atoms with van der Waals surface area (Å²) < 4.78 is 77.3. The monoisotopic (exact) mass is 504 g/mol. The minimum absolute atomic E-state index is 0.0579. The molecule has 1 atom stereocenters. The van der Waals surface area contributed by atoms with E-state index < -0.39 is 35.4 Å². The van der Waals surface area contributed by atoms with Gasteiger partial charge in [-0.1, -0.05) is 43.9 Å². The molecule has 0 fully saturated rings. The van der Waals surface area contributed by atoms with Gasteiger partial charge in [0.15, 0.2) is 0 Å². The van der Waals surface area contributed by atoms with E-state index in [0.29, 0.717) is 34.2 Å². The number of alkyl halides is 6. The van der Waals surface area contributed by atoms with Gasteiger partial charge in [-0.3, -0.25) is 4.79 Å². The Morgan fingerprint density at radius 2 is 1.25 bits per heavy atom. The van der Waals surface area contributed by atoms with Crippen LogP contribution in [0.5, 0.6) is 0 Å². The van der Waals surface area contributed by atoms with Gasteiger partial charge in [0.25, 0.3) is 0 Å². The highest BCUT2D eigenvalue weighted by Gasteiger charge is 2.31. The number of rotatable bonds is 5. The summed E-state index contributed by atoms with van der Waals surface area (Å²) in [5, 5.41) is 9.80. The van der Waals surface area contributed by atoms with Crippen LogP contribution >= 0.6 is 0 Å². The number of carboxylic acids is 1. The summed E-state index contributed by atoms with van der Waals surface area (Å²) in [5.74, 6) is 3.76. The summed E-state index contributed by atoms with van der Waals surface area (Å²) in [6, 6.07) is 13.6. The van der Waals surface area contributed by atoms with E-state index in [2.05, 4.69) is 11.8 Å². The average molecular weight is 504 g/mol. The predicted octanol–water partition coefficient (Wildman–Crippen LogP) is 8.01. The normalized spacial score (nSPS) is 12.7. The molecule has 0 amide bonds. The first-order chi connectivity index (χ1) is 16.7. The Hall–Kier alpha value is -3.73. The first-order valence-corrected chi connectivity index (χ1v) is 11.0. The highest BCUT2D eigenvalue weighted by Crippen LogP contribution is 2.33. The molecule has 0 bridgehead atoms. The van der Waals surface area contributed by atoms with E-state index in [1.807, 2.05) is 13.8 Å². The molecule has 0 saturated heterocycles. The van der Waals surface area contributed by atoms with Gasteiger partial charge in [0.2, 0.25) is 0 Å². The van der Waals surface area contributed by atoms with Gasteiger partial charge in [0.05, 0.1) is 17.0 Å². The fourth-order valence-corrected chi connectivity index (χ4v) is 3.68. The lowest BCUT2D eigenvalue weighted by Crippen LogP contribution is -2.14. The van der Waals surface area contributed by atoms with Crippen LogP contribution in [0, 0.1) is 17.8 Å². The van der Waals surface area contributed by atoms with Crippen LogP contribution in [-0.4, -0.2) is 11.1 Å². The number of aliphatic carboxylic acids is 1. The van der Waals surface area contributed by atoms with Crippen molar-refractivity contribution in [2.24, 2.45) is 5.92 Å². The molecule has 3 rings (SSSR count). The molecule has 1 N–H and O–H groups in total. The van der Waals surface area contributed by atoms with Crippen LogP contribution in [0.15, 0.2) is 66.7 Å². The minimum Gasteiger partial charge on any atom is -0.481 e. The first-order valence-electron chi connectivity index (χ1n) is 11.0. The Morgan fingerprint density at radius 1 is 0.750 bits per heavy atom. The van der Waals surface area contributed by atoms with Crippen molar-refractivity contribution in [1.82, 2.24) is 0 Å². The Balaban J connectivity index is 2.07. The highest BCUT2D eigenvalue weighted by molar-refractivity contribution is 5.78. The zero-order valence-electron chi connectivity index (χ0n) is 19.3. The average Bonchev–Trinajstić information content (AvgIpc) is 2.80. The summed E-state index contributed by atoms with van der Waals surface area (Å²) in [5.41, 5.74) is 0.443. The van der Waals surface area contributed by atoms with Crippen LogP contribution in [0.25, 0.3) is 11.1 Å². The molecule has 0 aliphatic carbocycles. The molecule has 188 valence electrons. The van der Waals surface area contributed by atoms with Gasteiger partial charge in [-0.2, -0.15) is 26.3 Å². The fraction of sp³-hybridized carbons (Fsp3) is 0.250. The van der Waals surface area contributed by atoms with Crippen LogP contribution in [0.1, 0.15) is 54.0 Å². The van der Waals surface area contributed by atoms with Crippen molar-refractivity contribution >= 4 is 5.97 Å². The van der Waals surface area contributed by atoms with E-state index in [1.54, 1.807) is 18.2 Å². The van der Waals surface area contributed by atoms with Crippen molar-refractivity contribution in [3.05, 3.63) is 94.5 Å². The van der Waals surface area contributed by atoms with Gasteiger partial charge in [-0.25, -0.2) is 0 Å². The Labute approximate surface area is 204 Å². The maximum atomic E-state index is 13.0. The van der Waals surface area contributed by atoms with Crippen molar-refractivity contribution in [2.75, 3.05) is 0 Å². The highest BCUT2D eigenvalue weighted by atomic mass is 19.4. The summed E-state index contributed by atoms with van der Waals surface area (Å²) in [4.78, 5) is 12.0. The van der Waals surface area contributed by atoms with Crippen LogP contribution in [-0.2, 0) is 17.1 Å². The molecule has 8 heteroatoms. The first kappa shape index (κ1) is 26.9. The second-order valence-corrected chi connectivity index (χ2v) is 8.76. The number of hydrogen-bond acceptors (Lipinski definition) is 1. The number of carboxylic acid groups (broad SMARTS) is 1. The van der Waals surface area contributed by atoms with E-state index >= 15 is 0 Å². The minimum atomic E-state index is -4.50. The van der Waals surface area contributed by atoms with E-state index in [4.69, 9.17) is 0 Å². The van der Waals surface area contributed by atoms with Gasteiger partial charge in [-0.05, 0) is 77.6 Å². The maximum Gasteiger partial charge on any atom is 0.416 e. The molecule has 36 heavy (non-hydrogen) atoms. The number of carbonyl (C=O) groups is 1. The Kier molecular flexibility index (Phi) is 7.83. The van der Waals surface area contributed by atoms with Gasteiger partial charge in [0.1, 0.15) is 0 Å². The lowest BCUT2D eigenvalue weighted by molar-refractivity contribution is -0.139. The molecular formula is C28H22F6O2. The smallest absolute Gasteiger partial charge is 0.416 e. The Bertz CT molecular complexity index is 1280.